The molecule has 0 aromatic rings. The van der Waals surface area contributed by atoms with Crippen LogP contribution in [0.5, 0.6) is 0 Å². The molecule has 0 spiro atoms. The fourth-order valence-corrected chi connectivity index (χ4v) is 0.724. The molecule has 0 aliphatic rings. The molecule has 15 heavy (non-hydrogen) atoms. The normalized spacial score (nSPS) is 8.60. The summed E-state index contributed by atoms with van der Waals surface area (Å²) in [6.45, 7) is 5.33. The molecule has 0 saturated carbocycles. The highest BCUT2D eigenvalue weighted by atomic mass is 16.5. The Morgan fingerprint density at radius 3 is 2.73 bits per heavy atom. The van der Waals surface area contributed by atoms with Gasteiger partial charge in [-0.05, 0) is 25.5 Å². The lowest BCUT2D eigenvalue weighted by Gasteiger charge is -2.02. The second-order valence-electron chi connectivity index (χ2n) is 2.76. The van der Waals surface area contributed by atoms with Gasteiger partial charge in [-0.25, -0.2) is 4.79 Å². The van der Waals surface area contributed by atoms with Gasteiger partial charge < -0.3 is 9.84 Å². The zero-order chi connectivity index (χ0) is 11.7. The molecular weight excluding hydrogens is 196 g/mol. The Balaban J connectivity index is 3.79. The maximum absolute atomic E-state index is 11.1. The van der Waals surface area contributed by atoms with Crippen molar-refractivity contribution in [3.63, 3.8) is 0 Å². The highest BCUT2D eigenvalue weighted by Gasteiger charge is 2.05. The largest absolute Gasteiger partial charge is 0.481 e. The zero-order valence-corrected chi connectivity index (χ0v) is 8.66. The molecule has 0 aromatic heterocycles. The summed E-state index contributed by atoms with van der Waals surface area (Å²) in [6.07, 6.45) is 3.36. The van der Waals surface area contributed by atoms with Crippen molar-refractivity contribution in [3.8, 4) is 0 Å². The lowest BCUT2D eigenvalue weighted by molar-refractivity contribution is -0.141. The number of aliphatic carboxylic acids is 1. The number of carboxylic acids is 1. The van der Waals surface area contributed by atoms with E-state index >= 15 is 0 Å². The average Bonchev–Trinajstić information content (AvgIpc) is 2.20. The van der Waals surface area contributed by atoms with Crippen LogP contribution in [0, 0.1) is 0 Å². The van der Waals surface area contributed by atoms with Gasteiger partial charge in [-0.2, -0.15) is 0 Å². The maximum Gasteiger partial charge on any atom is 0.338 e. The van der Waals surface area contributed by atoms with Crippen molar-refractivity contribution in [3.05, 3.63) is 30.0 Å². The van der Waals surface area contributed by atoms with Gasteiger partial charge >= 0.3 is 11.9 Å². The Labute approximate surface area is 88.6 Å². The molecule has 0 aliphatic heterocycles. The lowest BCUT2D eigenvalue weighted by Crippen LogP contribution is -2.08. The van der Waals surface area contributed by atoms with E-state index in [9.17, 15) is 9.59 Å². The highest BCUT2D eigenvalue weighted by molar-refractivity contribution is 5.90. The van der Waals surface area contributed by atoms with Crippen LogP contribution in [-0.4, -0.2) is 23.7 Å². The summed E-state index contributed by atoms with van der Waals surface area (Å²) in [5.41, 5.74) is 2.89. The fraction of sp³-hybridized carbons (Fsp3) is 0.364. The van der Waals surface area contributed by atoms with Crippen LogP contribution in [0.15, 0.2) is 30.0 Å². The van der Waals surface area contributed by atoms with Crippen LogP contribution in [0.25, 0.3) is 0 Å². The summed E-state index contributed by atoms with van der Waals surface area (Å²) in [5.74, 6) is -1.45. The van der Waals surface area contributed by atoms with Gasteiger partial charge in [0.2, 0.25) is 0 Å². The smallest absolute Gasteiger partial charge is 0.338 e. The summed E-state index contributed by atoms with van der Waals surface area (Å²) < 4.78 is 4.76. The first kappa shape index (κ1) is 13.2. The van der Waals surface area contributed by atoms with Crippen molar-refractivity contribution in [2.24, 2.45) is 0 Å². The second kappa shape index (κ2) is 7.59. The number of rotatable bonds is 6. The molecule has 4 heteroatoms. The van der Waals surface area contributed by atoms with Gasteiger partial charge in [0.15, 0.2) is 0 Å². The number of carbonyl (C=O) groups excluding carboxylic acids is 1. The molecule has 0 fully saturated rings. The van der Waals surface area contributed by atoms with E-state index in [1.165, 1.54) is 6.08 Å². The minimum atomic E-state index is -0.904. The minimum absolute atomic E-state index is 0.00947. The van der Waals surface area contributed by atoms with E-state index < -0.39 is 11.9 Å². The summed E-state index contributed by atoms with van der Waals surface area (Å²) in [7, 11) is 0. The predicted molar refractivity (Wildman–Crippen MR) is 55.3 cm³/mol. The monoisotopic (exact) mass is 210 g/mol. The number of ether oxygens (including phenoxy) is 1. The van der Waals surface area contributed by atoms with Crippen molar-refractivity contribution < 1.29 is 19.4 Å². The molecule has 0 amide bonds. The molecule has 0 heterocycles. The van der Waals surface area contributed by atoms with Gasteiger partial charge in [0.05, 0.1) is 12.2 Å². The summed E-state index contributed by atoms with van der Waals surface area (Å²) >= 11 is 0. The molecular formula is C11H14O4. The summed E-state index contributed by atoms with van der Waals surface area (Å²) in [6, 6.07) is 0. The Bertz CT molecular complexity index is 309. The summed E-state index contributed by atoms with van der Waals surface area (Å²) in [4.78, 5) is 21.3. The third-order valence-corrected chi connectivity index (χ3v) is 1.45. The SMILES string of the molecule is C=C(C=C=CC)C(=O)OCCCC(=O)O. The first-order valence-corrected chi connectivity index (χ1v) is 4.53. The average molecular weight is 210 g/mol. The van der Waals surface area contributed by atoms with Gasteiger partial charge in [0.25, 0.3) is 0 Å². The molecule has 0 rings (SSSR count). The van der Waals surface area contributed by atoms with E-state index in [4.69, 9.17) is 9.84 Å². The van der Waals surface area contributed by atoms with Gasteiger partial charge in [-0.1, -0.05) is 6.58 Å². The van der Waals surface area contributed by atoms with Gasteiger partial charge in [0, 0.05) is 6.42 Å². The number of hydrogen-bond donors (Lipinski definition) is 1. The number of carbonyl (C=O) groups is 2. The van der Waals surface area contributed by atoms with Crippen LogP contribution in [0.3, 0.4) is 0 Å². The topological polar surface area (TPSA) is 63.6 Å². The van der Waals surface area contributed by atoms with E-state index in [1.54, 1.807) is 13.0 Å². The van der Waals surface area contributed by atoms with Gasteiger partial charge in [0.1, 0.15) is 0 Å². The van der Waals surface area contributed by atoms with Crippen LogP contribution < -0.4 is 0 Å². The minimum Gasteiger partial charge on any atom is -0.481 e. The Morgan fingerprint density at radius 2 is 2.20 bits per heavy atom. The number of hydrogen-bond acceptors (Lipinski definition) is 3. The number of esters is 1. The Morgan fingerprint density at radius 1 is 1.53 bits per heavy atom. The quantitative estimate of drug-likeness (QED) is 0.238. The van der Waals surface area contributed by atoms with Crippen LogP contribution in [-0.2, 0) is 14.3 Å². The van der Waals surface area contributed by atoms with Crippen molar-refractivity contribution >= 4 is 11.9 Å². The van der Waals surface area contributed by atoms with Crippen LogP contribution >= 0.6 is 0 Å². The third-order valence-electron chi connectivity index (χ3n) is 1.45. The highest BCUT2D eigenvalue weighted by Crippen LogP contribution is 1.98. The van der Waals surface area contributed by atoms with Gasteiger partial charge in [-0.3, -0.25) is 4.79 Å². The summed E-state index contributed by atoms with van der Waals surface area (Å²) in [5, 5.41) is 8.33. The van der Waals surface area contributed by atoms with Crippen LogP contribution in [0.2, 0.25) is 0 Å². The van der Waals surface area contributed by atoms with Crippen molar-refractivity contribution in [2.75, 3.05) is 6.61 Å². The lowest BCUT2D eigenvalue weighted by atomic mass is 10.3. The van der Waals surface area contributed by atoms with E-state index in [1.807, 2.05) is 0 Å². The fourth-order valence-electron chi connectivity index (χ4n) is 0.724. The molecule has 0 aromatic carbocycles. The van der Waals surface area contributed by atoms with E-state index in [-0.39, 0.29) is 18.6 Å². The second-order valence-corrected chi connectivity index (χ2v) is 2.76. The van der Waals surface area contributed by atoms with Crippen molar-refractivity contribution in [1.29, 1.82) is 0 Å². The zero-order valence-electron chi connectivity index (χ0n) is 8.66. The molecule has 0 saturated heterocycles. The van der Waals surface area contributed by atoms with Crippen molar-refractivity contribution in [2.45, 2.75) is 19.8 Å². The molecule has 1 N–H and O–H groups in total. The molecule has 0 aliphatic carbocycles. The Hall–Kier alpha value is -1.80. The maximum atomic E-state index is 11.1. The molecule has 0 radical (unpaired) electrons. The molecule has 4 nitrogen and oxygen atoms in total. The first-order chi connectivity index (χ1) is 7.07. The van der Waals surface area contributed by atoms with E-state index in [0.29, 0.717) is 6.42 Å². The van der Waals surface area contributed by atoms with E-state index in [2.05, 4.69) is 12.3 Å². The predicted octanol–water partition coefficient (Wildman–Crippen LogP) is 1.68. The molecule has 0 atom stereocenters. The Kier molecular flexibility index (Phi) is 6.68. The number of carboxylic acid groups (broad SMARTS) is 1. The van der Waals surface area contributed by atoms with Gasteiger partial charge in [-0.15, -0.1) is 5.73 Å². The molecule has 0 bridgehead atoms. The molecule has 82 valence electrons. The third kappa shape index (κ3) is 7.28. The standard InChI is InChI=1S/C11H14O4/c1-3-4-6-9(2)11(14)15-8-5-7-10(12)13/h3,6H,2,5,7-8H2,1H3,(H,12,13). The van der Waals surface area contributed by atoms with E-state index in [0.717, 1.165) is 0 Å². The van der Waals surface area contributed by atoms with Crippen LogP contribution in [0.4, 0.5) is 0 Å². The first-order valence-electron chi connectivity index (χ1n) is 4.53. The van der Waals surface area contributed by atoms with Crippen LogP contribution in [0.1, 0.15) is 19.8 Å². The molecule has 0 unspecified atom stereocenters. The van der Waals surface area contributed by atoms with Crippen molar-refractivity contribution in [1.82, 2.24) is 0 Å².